The smallest absolute Gasteiger partial charge is 0.315 e. The first-order valence-corrected chi connectivity index (χ1v) is 10.1. The molecule has 0 heterocycles. The van der Waals surface area contributed by atoms with Crippen LogP contribution in [0.4, 0.5) is 0 Å². The third kappa shape index (κ3) is 6.87. The molecule has 0 saturated heterocycles. The minimum Gasteiger partial charge on any atom is -0.507 e. The van der Waals surface area contributed by atoms with E-state index in [1.54, 1.807) is 13.8 Å². The van der Waals surface area contributed by atoms with Gasteiger partial charge in [0.2, 0.25) is 0 Å². The Balaban J connectivity index is 0.00000233. The Hall–Kier alpha value is -3.29. The molecule has 2 aromatic carbocycles. The highest BCUT2D eigenvalue weighted by Gasteiger charge is 2.33. The molecule has 2 N–H and O–H groups in total. The number of phenolic OH excluding ortho intramolecular Hbond substituents is 2. The number of nitrogens with zero attached hydrogens (tertiary/aromatic N) is 1. The zero-order valence-corrected chi connectivity index (χ0v) is 18.9. The summed E-state index contributed by atoms with van der Waals surface area (Å²) in [5.41, 5.74) is 2.18. The van der Waals surface area contributed by atoms with Crippen molar-refractivity contribution in [2.24, 2.45) is 0 Å². The van der Waals surface area contributed by atoms with Crippen molar-refractivity contribution in [3.8, 4) is 22.6 Å². The molecule has 0 bridgehead atoms. The number of benzene rings is 2. The summed E-state index contributed by atoms with van der Waals surface area (Å²) in [6.45, 7) is 10.8. The van der Waals surface area contributed by atoms with Crippen LogP contribution in [0.15, 0.2) is 30.3 Å². The molecule has 0 atom stereocenters. The monoisotopic (exact) mass is 433 g/mol. The molecule has 0 aliphatic rings. The number of carbonyl (C=O) groups is 1. The van der Waals surface area contributed by atoms with E-state index < -0.39 is 16.5 Å². The molecule has 0 spiro atoms. The second-order valence-electron chi connectivity index (χ2n) is 7.44. The fourth-order valence-electron chi connectivity index (χ4n) is 3.05. The minimum absolute atomic E-state index is 0.0469. The van der Waals surface area contributed by atoms with Gasteiger partial charge in [0.1, 0.15) is 11.5 Å². The van der Waals surface area contributed by atoms with Gasteiger partial charge in [-0.2, -0.15) is 0 Å². The summed E-state index contributed by atoms with van der Waals surface area (Å²) in [6, 6.07) is 8.57. The van der Waals surface area contributed by atoms with Gasteiger partial charge in [-0.1, -0.05) is 43.2 Å². The Morgan fingerprint density at radius 1 is 1.00 bits per heavy atom. The van der Waals surface area contributed by atoms with Crippen molar-refractivity contribution in [1.82, 2.24) is 0 Å². The second kappa shape index (κ2) is 11.2. The summed E-state index contributed by atoms with van der Waals surface area (Å²) in [6.07, 6.45) is 0.172. The summed E-state index contributed by atoms with van der Waals surface area (Å²) < 4.78 is 5.16. The van der Waals surface area contributed by atoms with Gasteiger partial charge in [-0.25, -0.2) is 0 Å². The van der Waals surface area contributed by atoms with Crippen LogP contribution in [0.2, 0.25) is 0 Å². The lowest BCUT2D eigenvalue weighted by molar-refractivity contribution is -0.757. The van der Waals surface area contributed by atoms with Gasteiger partial charge in [0, 0.05) is 6.42 Å². The zero-order chi connectivity index (χ0) is 23.8. The first-order valence-electron chi connectivity index (χ1n) is 10.1. The molecule has 170 valence electrons. The molecular weight excluding hydrogens is 402 g/mol. The lowest BCUT2D eigenvalue weighted by Crippen LogP contribution is -2.31. The average molecular weight is 434 g/mol. The minimum atomic E-state index is -1.15. The summed E-state index contributed by atoms with van der Waals surface area (Å²) in [4.78, 5) is 26.7. The van der Waals surface area contributed by atoms with Crippen LogP contribution in [-0.2, 0) is 19.8 Å². The molecule has 0 aliphatic carbocycles. The number of carbonyl (C=O) groups excluding carboxylic acids is 1. The quantitative estimate of drug-likeness (QED) is 0.265. The Morgan fingerprint density at radius 2 is 1.52 bits per heavy atom. The van der Waals surface area contributed by atoms with Crippen LogP contribution < -0.4 is 0 Å². The highest BCUT2D eigenvalue weighted by Crippen LogP contribution is 2.41. The summed E-state index contributed by atoms with van der Waals surface area (Å²) in [5.74, 6) is -0.882. The molecule has 0 fully saturated rings. The Bertz CT molecular complexity index is 879. The number of hydrogen-bond donors (Lipinski definition) is 2. The number of ether oxygens (including phenoxy) is 1. The average Bonchev–Trinajstić information content (AvgIpc) is 2.67. The molecule has 0 saturated carbocycles. The Morgan fingerprint density at radius 3 is 2.00 bits per heavy atom. The van der Waals surface area contributed by atoms with E-state index in [0.717, 1.165) is 11.1 Å². The van der Waals surface area contributed by atoms with Crippen LogP contribution in [0.3, 0.4) is 0 Å². The fourth-order valence-corrected chi connectivity index (χ4v) is 3.05. The maximum absolute atomic E-state index is 12.5. The molecule has 0 aliphatic heterocycles. The molecule has 0 amide bonds. The maximum Gasteiger partial charge on any atom is 0.315 e. The third-order valence-corrected chi connectivity index (χ3v) is 4.56. The van der Waals surface area contributed by atoms with Crippen molar-refractivity contribution in [3.05, 3.63) is 57.1 Å². The van der Waals surface area contributed by atoms with Crippen molar-refractivity contribution in [2.75, 3.05) is 13.2 Å². The molecule has 0 radical (unpaired) electrons. The Kier molecular flexibility index (Phi) is 9.30. The molecule has 0 aromatic heterocycles. The number of hydrogen-bond acceptors (Lipinski definition) is 7. The van der Waals surface area contributed by atoms with E-state index in [1.807, 2.05) is 45.9 Å². The van der Waals surface area contributed by atoms with Crippen LogP contribution in [0.25, 0.3) is 11.1 Å². The predicted molar refractivity (Wildman–Crippen MR) is 118 cm³/mol. The molecule has 8 nitrogen and oxygen atoms in total. The van der Waals surface area contributed by atoms with Gasteiger partial charge in [0.25, 0.3) is 5.09 Å². The van der Waals surface area contributed by atoms with E-state index in [1.165, 1.54) is 12.1 Å². The second-order valence-corrected chi connectivity index (χ2v) is 7.44. The van der Waals surface area contributed by atoms with E-state index in [4.69, 9.17) is 4.74 Å². The fraction of sp³-hybridized carbons (Fsp3) is 0.435. The number of rotatable bonds is 8. The van der Waals surface area contributed by atoms with E-state index in [2.05, 4.69) is 4.84 Å². The number of aryl methyl sites for hydroxylation is 2. The van der Waals surface area contributed by atoms with Gasteiger partial charge < -0.3 is 19.8 Å². The first-order chi connectivity index (χ1) is 14.5. The number of phenols is 2. The van der Waals surface area contributed by atoms with E-state index in [0.29, 0.717) is 16.7 Å². The standard InChI is InChI=1S/C21H25NO7.C2H6/c1-13-8-14(2)10-15(9-13)19-17(23)11-16(12-18(19)24)21(3,4)20(25)28-6-5-7-29-22(26)27;1-2/h8-12,23-24H,5-7H2,1-4H3;1-2H3. The van der Waals surface area contributed by atoms with Gasteiger partial charge in [-0.15, -0.1) is 10.1 Å². The lowest BCUT2D eigenvalue weighted by atomic mass is 9.83. The molecule has 8 heteroatoms. The van der Waals surface area contributed by atoms with Gasteiger partial charge in [-0.05, 0) is 51.0 Å². The Labute approximate surface area is 182 Å². The normalized spacial score (nSPS) is 10.6. The van der Waals surface area contributed by atoms with Crippen molar-refractivity contribution in [3.63, 3.8) is 0 Å². The highest BCUT2D eigenvalue weighted by molar-refractivity contribution is 5.85. The van der Waals surface area contributed by atoms with Gasteiger partial charge in [-0.3, -0.25) is 4.79 Å². The number of aromatic hydroxyl groups is 2. The lowest BCUT2D eigenvalue weighted by Gasteiger charge is -2.24. The van der Waals surface area contributed by atoms with Crippen molar-refractivity contribution in [2.45, 2.75) is 53.4 Å². The van der Waals surface area contributed by atoms with Gasteiger partial charge in [0.05, 0.1) is 24.2 Å². The van der Waals surface area contributed by atoms with Gasteiger partial charge >= 0.3 is 5.97 Å². The summed E-state index contributed by atoms with van der Waals surface area (Å²) in [5, 5.41) is 30.3. The number of esters is 1. The highest BCUT2D eigenvalue weighted by atomic mass is 16.9. The molecular formula is C23H31NO7. The molecule has 0 unspecified atom stereocenters. The summed E-state index contributed by atoms with van der Waals surface area (Å²) >= 11 is 0. The van der Waals surface area contributed by atoms with E-state index in [9.17, 15) is 25.1 Å². The topological polar surface area (TPSA) is 119 Å². The van der Waals surface area contributed by atoms with Crippen LogP contribution in [0.5, 0.6) is 11.5 Å². The van der Waals surface area contributed by atoms with Crippen molar-refractivity contribution < 1.29 is 29.7 Å². The summed E-state index contributed by atoms with van der Waals surface area (Å²) in [7, 11) is 0. The van der Waals surface area contributed by atoms with Crippen LogP contribution in [0.1, 0.15) is 50.8 Å². The zero-order valence-electron chi connectivity index (χ0n) is 18.9. The van der Waals surface area contributed by atoms with E-state index >= 15 is 0 Å². The third-order valence-electron chi connectivity index (χ3n) is 4.56. The largest absolute Gasteiger partial charge is 0.507 e. The predicted octanol–water partition coefficient (Wildman–Crippen LogP) is 4.83. The maximum atomic E-state index is 12.5. The van der Waals surface area contributed by atoms with Crippen LogP contribution in [0, 0.1) is 24.0 Å². The first kappa shape index (κ1) is 25.7. The SMILES string of the molecule is CC.Cc1cc(C)cc(-c2c(O)cc(C(C)(C)C(=O)OCCCO[N+](=O)[O-])cc2O)c1. The van der Waals surface area contributed by atoms with Crippen molar-refractivity contribution >= 4 is 5.97 Å². The molecule has 31 heavy (non-hydrogen) atoms. The van der Waals surface area contributed by atoms with Gasteiger partial charge in [0.15, 0.2) is 0 Å². The molecule has 2 aromatic rings. The van der Waals surface area contributed by atoms with Crippen molar-refractivity contribution in [1.29, 1.82) is 0 Å². The van der Waals surface area contributed by atoms with E-state index in [-0.39, 0.29) is 31.1 Å². The van der Waals surface area contributed by atoms with Crippen LogP contribution in [-0.4, -0.2) is 34.5 Å². The molecule has 2 rings (SSSR count). The van der Waals surface area contributed by atoms with Crippen LogP contribution >= 0.6 is 0 Å².